The minimum Gasteiger partial charge on any atom is -0.389 e. The molecule has 1 aliphatic carbocycles. The summed E-state index contributed by atoms with van der Waals surface area (Å²) in [5.41, 5.74) is 0.678. The number of aliphatic hydroxyl groups is 1. The molecule has 1 aromatic carbocycles. The molecule has 0 spiro atoms. The largest absolute Gasteiger partial charge is 0.449 e. The minimum atomic E-state index is -4.57. The molecule has 4 rings (SSSR count). The van der Waals surface area contributed by atoms with Crippen molar-refractivity contribution in [2.24, 2.45) is 0 Å². The van der Waals surface area contributed by atoms with Crippen LogP contribution in [0, 0.1) is 0 Å². The minimum absolute atomic E-state index is 0.000793. The number of para-hydroxylation sites is 2. The highest BCUT2D eigenvalue weighted by Crippen LogP contribution is 2.32. The fraction of sp³-hybridized carbons (Fsp3) is 0.619. The van der Waals surface area contributed by atoms with E-state index in [2.05, 4.69) is 15.2 Å². The summed E-state index contributed by atoms with van der Waals surface area (Å²) in [5.74, 6) is -1.21. The van der Waals surface area contributed by atoms with Gasteiger partial charge in [0, 0.05) is 32.1 Å². The summed E-state index contributed by atoms with van der Waals surface area (Å²) >= 11 is 0. The number of aliphatic hydroxyl groups excluding tert-OH is 1. The van der Waals surface area contributed by atoms with Crippen molar-refractivity contribution in [3.8, 4) is 0 Å². The smallest absolute Gasteiger partial charge is 0.389 e. The maximum Gasteiger partial charge on any atom is 0.449 e. The fourth-order valence-electron chi connectivity index (χ4n) is 4.62. The van der Waals surface area contributed by atoms with Gasteiger partial charge in [-0.3, -0.25) is 9.69 Å². The molecule has 2 aliphatic rings. The van der Waals surface area contributed by atoms with Crippen molar-refractivity contribution >= 4 is 16.9 Å². The molecule has 1 aliphatic heterocycles. The first-order chi connectivity index (χ1) is 14.8. The van der Waals surface area contributed by atoms with Gasteiger partial charge in [0.15, 0.2) is 0 Å². The third kappa shape index (κ3) is 4.86. The molecule has 170 valence electrons. The van der Waals surface area contributed by atoms with Gasteiger partial charge in [-0.25, -0.2) is 4.98 Å². The summed E-state index contributed by atoms with van der Waals surface area (Å²) in [6, 6.07) is 6.11. The van der Waals surface area contributed by atoms with E-state index < -0.39 is 18.1 Å². The molecule has 10 heteroatoms. The van der Waals surface area contributed by atoms with Crippen LogP contribution in [0.5, 0.6) is 0 Å². The molecule has 0 bridgehead atoms. The molecule has 3 atom stereocenters. The van der Waals surface area contributed by atoms with E-state index in [-0.39, 0.29) is 42.9 Å². The van der Waals surface area contributed by atoms with Gasteiger partial charge < -0.3 is 19.7 Å². The van der Waals surface area contributed by atoms with Crippen LogP contribution in [0.25, 0.3) is 11.0 Å². The lowest BCUT2D eigenvalue weighted by Gasteiger charge is -2.34. The van der Waals surface area contributed by atoms with Crippen LogP contribution in [-0.2, 0) is 22.3 Å². The number of benzene rings is 1. The molecule has 1 saturated heterocycles. The number of imidazole rings is 1. The average Bonchev–Trinajstić information content (AvgIpc) is 3.30. The first-order valence-electron chi connectivity index (χ1n) is 10.7. The Labute approximate surface area is 178 Å². The number of aromatic nitrogens is 2. The normalized spacial score (nSPS) is 25.2. The lowest BCUT2D eigenvalue weighted by Crippen LogP contribution is -2.51. The molecule has 1 saturated carbocycles. The zero-order valence-electron chi connectivity index (χ0n) is 17.1. The predicted octanol–water partition coefficient (Wildman–Crippen LogP) is 2.18. The number of ether oxygens (including phenoxy) is 1. The molecule has 0 radical (unpaired) electrons. The van der Waals surface area contributed by atoms with Gasteiger partial charge in [0.1, 0.15) is 0 Å². The second-order valence-electron chi connectivity index (χ2n) is 8.13. The lowest BCUT2D eigenvalue weighted by atomic mass is 10.1. The molecule has 7 nitrogen and oxygen atoms in total. The first-order valence-corrected chi connectivity index (χ1v) is 10.7. The van der Waals surface area contributed by atoms with Crippen molar-refractivity contribution in [2.75, 3.05) is 26.3 Å². The van der Waals surface area contributed by atoms with Crippen LogP contribution < -0.4 is 5.32 Å². The van der Waals surface area contributed by atoms with E-state index in [0.717, 1.165) is 24.1 Å². The zero-order valence-corrected chi connectivity index (χ0v) is 17.1. The molecule has 2 N–H and O–H groups in total. The molecular weight excluding hydrogens is 413 g/mol. The molecule has 1 amide bonds. The quantitative estimate of drug-likeness (QED) is 0.720. The number of nitrogens with one attached hydrogen (secondary N) is 1. The predicted molar refractivity (Wildman–Crippen MR) is 107 cm³/mol. The van der Waals surface area contributed by atoms with E-state index in [1.807, 2.05) is 0 Å². The highest BCUT2D eigenvalue weighted by Gasteiger charge is 2.39. The van der Waals surface area contributed by atoms with E-state index in [4.69, 9.17) is 4.74 Å². The van der Waals surface area contributed by atoms with Gasteiger partial charge in [-0.1, -0.05) is 12.1 Å². The molecule has 0 unspecified atom stereocenters. The van der Waals surface area contributed by atoms with E-state index in [9.17, 15) is 23.1 Å². The number of hydrogen-bond donors (Lipinski definition) is 2. The van der Waals surface area contributed by atoms with E-state index in [1.54, 1.807) is 24.3 Å². The van der Waals surface area contributed by atoms with Gasteiger partial charge in [-0.05, 0) is 31.4 Å². The maximum atomic E-state index is 13.4. The summed E-state index contributed by atoms with van der Waals surface area (Å²) in [4.78, 5) is 18.3. The Hall–Kier alpha value is -2.17. The molecule has 2 aromatic rings. The zero-order chi connectivity index (χ0) is 22.0. The monoisotopic (exact) mass is 440 g/mol. The van der Waals surface area contributed by atoms with Crippen molar-refractivity contribution in [2.45, 2.75) is 56.6 Å². The highest BCUT2D eigenvalue weighted by atomic mass is 19.4. The Morgan fingerprint density at radius 1 is 1.23 bits per heavy atom. The third-order valence-electron chi connectivity index (χ3n) is 6.13. The highest BCUT2D eigenvalue weighted by molar-refractivity contribution is 5.77. The van der Waals surface area contributed by atoms with Crippen molar-refractivity contribution in [3.63, 3.8) is 0 Å². The Morgan fingerprint density at radius 2 is 1.97 bits per heavy atom. The lowest BCUT2D eigenvalue weighted by molar-refractivity contribution is -0.146. The summed E-state index contributed by atoms with van der Waals surface area (Å²) in [6.07, 6.45) is -3.43. The van der Waals surface area contributed by atoms with Crippen LogP contribution in [0.15, 0.2) is 24.3 Å². The number of hydrogen-bond acceptors (Lipinski definition) is 5. The standard InChI is InChI=1S/C21H27F3N4O3/c22-21(23,24)20-26-14-4-1-2-5-16(14)28(20)9-3-6-18(29)25-15-7-8-17(19(15)30)27-10-12-31-13-11-27/h1-2,4-5,15,17,19,30H,3,6-13H2,(H,25,29)/t15-,17-,19-/m1/s1. The number of alkyl halides is 3. The number of fused-ring (bicyclic) bond motifs is 1. The summed E-state index contributed by atoms with van der Waals surface area (Å²) in [5, 5.41) is 13.5. The second-order valence-corrected chi connectivity index (χ2v) is 8.13. The van der Waals surface area contributed by atoms with Crippen LogP contribution in [0.2, 0.25) is 0 Å². The van der Waals surface area contributed by atoms with Gasteiger partial charge in [0.25, 0.3) is 0 Å². The molecule has 2 fully saturated rings. The number of halogens is 3. The van der Waals surface area contributed by atoms with Crippen LogP contribution in [0.4, 0.5) is 13.2 Å². The number of carbonyl (C=O) groups is 1. The Morgan fingerprint density at radius 3 is 2.71 bits per heavy atom. The van der Waals surface area contributed by atoms with Gasteiger partial charge in [0.2, 0.25) is 11.7 Å². The van der Waals surface area contributed by atoms with Crippen molar-refractivity contribution in [1.82, 2.24) is 19.8 Å². The van der Waals surface area contributed by atoms with Crippen LogP contribution >= 0.6 is 0 Å². The molecule has 2 heterocycles. The SMILES string of the molecule is O=C(CCCn1c(C(F)(F)F)nc2ccccc21)N[C@@H]1CC[C@@H](N2CCOCC2)[C@@H]1O. The number of aryl methyl sites for hydroxylation is 1. The van der Waals surface area contributed by atoms with E-state index in [1.165, 1.54) is 0 Å². The Balaban J connectivity index is 1.32. The van der Waals surface area contributed by atoms with Gasteiger partial charge in [-0.2, -0.15) is 13.2 Å². The van der Waals surface area contributed by atoms with Gasteiger partial charge >= 0.3 is 6.18 Å². The van der Waals surface area contributed by atoms with Gasteiger partial charge in [0.05, 0.1) is 36.4 Å². The van der Waals surface area contributed by atoms with E-state index in [0.29, 0.717) is 25.2 Å². The molecule has 1 aromatic heterocycles. The molecular formula is C21H27F3N4O3. The van der Waals surface area contributed by atoms with Crippen LogP contribution in [-0.4, -0.2) is 70.0 Å². The number of amides is 1. The van der Waals surface area contributed by atoms with Crippen molar-refractivity contribution < 1.29 is 27.8 Å². The second kappa shape index (κ2) is 9.13. The van der Waals surface area contributed by atoms with E-state index >= 15 is 0 Å². The van der Waals surface area contributed by atoms with Crippen molar-refractivity contribution in [1.29, 1.82) is 0 Å². The maximum absolute atomic E-state index is 13.4. The fourth-order valence-corrected chi connectivity index (χ4v) is 4.62. The summed E-state index contributed by atoms with van der Waals surface area (Å²) < 4.78 is 46.6. The number of carbonyl (C=O) groups excluding carboxylic acids is 1. The number of morpholine rings is 1. The number of nitrogens with zero attached hydrogens (tertiary/aromatic N) is 3. The third-order valence-corrected chi connectivity index (χ3v) is 6.13. The van der Waals surface area contributed by atoms with Gasteiger partial charge in [-0.15, -0.1) is 0 Å². The summed E-state index contributed by atoms with van der Waals surface area (Å²) in [7, 11) is 0. The average molecular weight is 440 g/mol. The van der Waals surface area contributed by atoms with Crippen LogP contribution in [0.3, 0.4) is 0 Å². The Bertz CT molecular complexity index is 911. The first kappa shape index (κ1) is 22.0. The number of rotatable bonds is 6. The van der Waals surface area contributed by atoms with Crippen LogP contribution in [0.1, 0.15) is 31.5 Å². The van der Waals surface area contributed by atoms with Crippen molar-refractivity contribution in [3.05, 3.63) is 30.1 Å². The summed E-state index contributed by atoms with van der Waals surface area (Å²) in [6.45, 7) is 2.85. The topological polar surface area (TPSA) is 79.6 Å². The Kier molecular flexibility index (Phi) is 6.49. The molecule has 31 heavy (non-hydrogen) atoms.